The Morgan fingerprint density at radius 3 is 2.63 bits per heavy atom. The highest BCUT2D eigenvalue weighted by molar-refractivity contribution is 6.07. The molecule has 5 amide bonds. The minimum atomic E-state index is -0.736. The van der Waals surface area contributed by atoms with Crippen molar-refractivity contribution in [1.29, 1.82) is 0 Å². The van der Waals surface area contributed by atoms with E-state index in [1.165, 1.54) is 4.90 Å². The zero-order valence-corrected chi connectivity index (χ0v) is 17.0. The summed E-state index contributed by atoms with van der Waals surface area (Å²) in [6, 6.07) is 4.16. The Bertz CT molecular complexity index is 920. The Kier molecular flexibility index (Phi) is 5.77. The maximum atomic E-state index is 12.8. The lowest BCUT2D eigenvalue weighted by Gasteiger charge is -2.29. The Balaban J connectivity index is 1.66. The third kappa shape index (κ3) is 4.76. The summed E-state index contributed by atoms with van der Waals surface area (Å²) < 4.78 is 5.08. The van der Waals surface area contributed by atoms with E-state index in [1.807, 2.05) is 0 Å². The van der Waals surface area contributed by atoms with Gasteiger partial charge in [-0.25, -0.2) is 4.79 Å². The number of ether oxygens (including phenoxy) is 1. The highest BCUT2D eigenvalue weighted by Crippen LogP contribution is 2.32. The van der Waals surface area contributed by atoms with Crippen LogP contribution in [0.2, 0.25) is 0 Å². The number of hydrogen-bond acceptors (Lipinski definition) is 6. The Labute approximate surface area is 173 Å². The number of carbonyl (C=O) groups is 5. The molecule has 0 spiro atoms. The number of nitrogens with zero attached hydrogens (tertiary/aromatic N) is 1. The molecule has 1 saturated heterocycles. The molecule has 1 aromatic rings. The van der Waals surface area contributed by atoms with Crippen molar-refractivity contribution in [1.82, 2.24) is 15.5 Å². The van der Waals surface area contributed by atoms with Gasteiger partial charge in [0, 0.05) is 29.8 Å². The van der Waals surface area contributed by atoms with Crippen LogP contribution in [0.15, 0.2) is 18.2 Å². The van der Waals surface area contributed by atoms with Gasteiger partial charge in [-0.15, -0.1) is 0 Å². The van der Waals surface area contributed by atoms with Crippen LogP contribution in [0.4, 0.5) is 10.5 Å². The van der Waals surface area contributed by atoms with E-state index < -0.39 is 29.6 Å². The molecule has 160 valence electrons. The normalized spacial score (nSPS) is 18.6. The first kappa shape index (κ1) is 21.3. The number of benzene rings is 1. The van der Waals surface area contributed by atoms with Crippen molar-refractivity contribution in [2.75, 3.05) is 11.9 Å². The third-order valence-corrected chi connectivity index (χ3v) is 4.65. The van der Waals surface area contributed by atoms with Crippen LogP contribution in [0.1, 0.15) is 49.5 Å². The van der Waals surface area contributed by atoms with Crippen molar-refractivity contribution in [2.24, 2.45) is 0 Å². The molecular weight excluding hydrogens is 392 g/mol. The molecular formula is C20H24N4O6. The fourth-order valence-corrected chi connectivity index (χ4v) is 3.36. The maximum absolute atomic E-state index is 12.8. The average molecular weight is 416 g/mol. The van der Waals surface area contributed by atoms with Crippen molar-refractivity contribution in [3.63, 3.8) is 0 Å². The fraction of sp³-hybridized carbons (Fsp3) is 0.450. The number of alkyl carbamates (subject to hydrolysis) is 1. The van der Waals surface area contributed by atoms with Crippen LogP contribution >= 0.6 is 0 Å². The van der Waals surface area contributed by atoms with Crippen LogP contribution in [-0.2, 0) is 25.7 Å². The summed E-state index contributed by atoms with van der Waals surface area (Å²) in [4.78, 5) is 61.7. The van der Waals surface area contributed by atoms with E-state index in [-0.39, 0.29) is 37.7 Å². The molecule has 3 N–H and O–H groups in total. The van der Waals surface area contributed by atoms with Crippen LogP contribution < -0.4 is 16.0 Å². The first-order valence-corrected chi connectivity index (χ1v) is 9.58. The Morgan fingerprint density at radius 1 is 1.23 bits per heavy atom. The van der Waals surface area contributed by atoms with Gasteiger partial charge in [0.15, 0.2) is 0 Å². The first-order chi connectivity index (χ1) is 14.0. The van der Waals surface area contributed by atoms with Crippen LogP contribution in [-0.4, -0.2) is 52.8 Å². The van der Waals surface area contributed by atoms with E-state index >= 15 is 0 Å². The molecule has 10 heteroatoms. The van der Waals surface area contributed by atoms with Crippen LogP contribution in [0.5, 0.6) is 0 Å². The molecule has 1 fully saturated rings. The Hall–Kier alpha value is -3.43. The minimum absolute atomic E-state index is 0.135. The number of piperidine rings is 1. The SMILES string of the molecule is CC(C)(C)OC(=O)NCC(=O)Nc1cccc2c1CN(C1CCC(=O)NC1=O)C2=O. The molecule has 2 aliphatic heterocycles. The van der Waals surface area contributed by atoms with Crippen LogP contribution in [0, 0.1) is 0 Å². The lowest BCUT2D eigenvalue weighted by Crippen LogP contribution is -2.52. The third-order valence-electron chi connectivity index (χ3n) is 4.65. The smallest absolute Gasteiger partial charge is 0.408 e. The molecule has 30 heavy (non-hydrogen) atoms. The fourth-order valence-electron chi connectivity index (χ4n) is 3.36. The molecule has 0 aliphatic carbocycles. The van der Waals surface area contributed by atoms with Crippen LogP contribution in [0.3, 0.4) is 0 Å². The van der Waals surface area contributed by atoms with Crippen molar-refractivity contribution in [3.05, 3.63) is 29.3 Å². The maximum Gasteiger partial charge on any atom is 0.408 e. The van der Waals surface area contributed by atoms with Gasteiger partial charge in [0.2, 0.25) is 17.7 Å². The lowest BCUT2D eigenvalue weighted by molar-refractivity contribution is -0.137. The summed E-state index contributed by atoms with van der Waals surface area (Å²) in [5, 5.41) is 7.30. The largest absolute Gasteiger partial charge is 0.444 e. The van der Waals surface area contributed by atoms with Gasteiger partial charge < -0.3 is 20.3 Å². The molecule has 2 aliphatic rings. The number of anilines is 1. The molecule has 1 unspecified atom stereocenters. The molecule has 0 radical (unpaired) electrons. The van der Waals surface area contributed by atoms with Crippen molar-refractivity contribution >= 4 is 35.4 Å². The molecule has 0 aromatic heterocycles. The van der Waals surface area contributed by atoms with Crippen LogP contribution in [0.25, 0.3) is 0 Å². The second-order valence-corrected chi connectivity index (χ2v) is 8.14. The second-order valence-electron chi connectivity index (χ2n) is 8.14. The van der Waals surface area contributed by atoms with E-state index in [9.17, 15) is 24.0 Å². The Morgan fingerprint density at radius 2 is 1.97 bits per heavy atom. The van der Waals surface area contributed by atoms with Crippen molar-refractivity contribution in [3.8, 4) is 0 Å². The molecule has 0 bridgehead atoms. The summed E-state index contributed by atoms with van der Waals surface area (Å²) in [5.41, 5.74) is 0.711. The van der Waals surface area contributed by atoms with Crippen molar-refractivity contribution in [2.45, 2.75) is 51.8 Å². The van der Waals surface area contributed by atoms with Gasteiger partial charge in [-0.05, 0) is 39.3 Å². The number of imide groups is 1. The molecule has 0 saturated carbocycles. The van der Waals surface area contributed by atoms with Gasteiger partial charge in [0.05, 0.1) is 0 Å². The number of rotatable bonds is 4. The van der Waals surface area contributed by atoms with Gasteiger partial charge in [0.25, 0.3) is 5.91 Å². The molecule has 1 aromatic carbocycles. The molecule has 2 heterocycles. The van der Waals surface area contributed by atoms with E-state index in [0.717, 1.165) is 0 Å². The zero-order chi connectivity index (χ0) is 22.1. The summed E-state index contributed by atoms with van der Waals surface area (Å²) in [5.74, 6) is -1.67. The minimum Gasteiger partial charge on any atom is -0.444 e. The molecule has 10 nitrogen and oxygen atoms in total. The lowest BCUT2D eigenvalue weighted by atomic mass is 10.0. The molecule has 3 rings (SSSR count). The van der Waals surface area contributed by atoms with E-state index in [2.05, 4.69) is 16.0 Å². The predicted molar refractivity (Wildman–Crippen MR) is 105 cm³/mol. The quantitative estimate of drug-likeness (QED) is 0.625. The number of carbonyl (C=O) groups excluding carboxylic acids is 5. The van der Waals surface area contributed by atoms with E-state index in [4.69, 9.17) is 4.74 Å². The summed E-state index contributed by atoms with van der Waals surface area (Å²) >= 11 is 0. The highest BCUT2D eigenvalue weighted by atomic mass is 16.6. The standard InChI is InChI=1S/C20H24N4O6/c1-20(2,3)30-19(29)21-9-16(26)22-13-6-4-5-11-12(13)10-24(18(11)28)14-7-8-15(25)23-17(14)27/h4-6,14H,7-10H2,1-3H3,(H,21,29)(H,22,26)(H,23,25,27). The zero-order valence-electron chi connectivity index (χ0n) is 17.0. The van der Waals surface area contributed by atoms with Gasteiger partial charge >= 0.3 is 6.09 Å². The summed E-state index contributed by atoms with van der Waals surface area (Å²) in [6.07, 6.45) is -0.294. The first-order valence-electron chi connectivity index (χ1n) is 9.58. The van der Waals surface area contributed by atoms with Crippen molar-refractivity contribution < 1.29 is 28.7 Å². The number of nitrogens with one attached hydrogen (secondary N) is 3. The monoisotopic (exact) mass is 416 g/mol. The molecule has 1 atom stereocenters. The number of amides is 5. The van der Waals surface area contributed by atoms with Gasteiger partial charge in [0.1, 0.15) is 18.2 Å². The average Bonchev–Trinajstić information content (AvgIpc) is 2.97. The second kappa shape index (κ2) is 8.13. The summed E-state index contributed by atoms with van der Waals surface area (Å²) in [7, 11) is 0. The van der Waals surface area contributed by atoms with E-state index in [0.29, 0.717) is 16.8 Å². The van der Waals surface area contributed by atoms with Gasteiger partial charge in [-0.3, -0.25) is 24.5 Å². The summed E-state index contributed by atoms with van der Waals surface area (Å²) in [6.45, 7) is 4.97. The predicted octanol–water partition coefficient (Wildman–Crippen LogP) is 0.911. The number of hydrogen-bond donors (Lipinski definition) is 3. The number of fused-ring (bicyclic) bond motifs is 1. The highest BCUT2D eigenvalue weighted by Gasteiger charge is 2.39. The topological polar surface area (TPSA) is 134 Å². The van der Waals surface area contributed by atoms with E-state index in [1.54, 1.807) is 39.0 Å². The van der Waals surface area contributed by atoms with Gasteiger partial charge in [-0.2, -0.15) is 0 Å². The van der Waals surface area contributed by atoms with Gasteiger partial charge in [-0.1, -0.05) is 6.07 Å².